The number of carbonyl (C=O) groups excluding carboxylic acids is 2. The standard InChI is InChI=1S/C16H18ClN3O4/c1-9(2)24-14(21)8-23-16(22)15-12(17)5-6-13(18-15)20-11(4)7-10(3)19-20/h5-7,9H,8H2,1-4H3. The summed E-state index contributed by atoms with van der Waals surface area (Å²) < 4.78 is 11.4. The molecule has 0 spiro atoms. The van der Waals surface area contributed by atoms with Crippen LogP contribution in [0, 0.1) is 13.8 Å². The summed E-state index contributed by atoms with van der Waals surface area (Å²) in [5.74, 6) is -1.00. The summed E-state index contributed by atoms with van der Waals surface area (Å²) in [4.78, 5) is 27.8. The normalized spacial score (nSPS) is 10.8. The fraction of sp³-hybridized carbons (Fsp3) is 0.375. The molecule has 0 aromatic carbocycles. The Balaban J connectivity index is 2.18. The third kappa shape index (κ3) is 4.32. The largest absolute Gasteiger partial charge is 0.460 e. The zero-order valence-corrected chi connectivity index (χ0v) is 14.6. The lowest BCUT2D eigenvalue weighted by Gasteiger charge is -2.10. The number of esters is 2. The average Bonchev–Trinajstić information content (AvgIpc) is 2.83. The summed E-state index contributed by atoms with van der Waals surface area (Å²) in [7, 11) is 0. The molecule has 0 amide bonds. The van der Waals surface area contributed by atoms with Crippen LogP contribution in [-0.4, -0.2) is 39.4 Å². The molecule has 2 aromatic rings. The number of nitrogens with zero attached hydrogens (tertiary/aromatic N) is 3. The summed E-state index contributed by atoms with van der Waals surface area (Å²) >= 11 is 6.01. The molecular formula is C16H18ClN3O4. The highest BCUT2D eigenvalue weighted by Gasteiger charge is 2.18. The second-order valence-corrected chi connectivity index (χ2v) is 5.86. The third-order valence-corrected chi connectivity index (χ3v) is 3.24. The summed E-state index contributed by atoms with van der Waals surface area (Å²) in [6, 6.07) is 5.06. The van der Waals surface area contributed by atoms with E-state index in [9.17, 15) is 9.59 Å². The molecule has 24 heavy (non-hydrogen) atoms. The predicted octanol–water partition coefficient (Wildman–Crippen LogP) is 2.65. The van der Waals surface area contributed by atoms with Gasteiger partial charge in [0.1, 0.15) is 0 Å². The third-order valence-electron chi connectivity index (χ3n) is 2.94. The molecular weight excluding hydrogens is 334 g/mol. The van der Waals surface area contributed by atoms with Crippen molar-refractivity contribution in [1.82, 2.24) is 14.8 Å². The summed E-state index contributed by atoms with van der Waals surface area (Å²) in [6.07, 6.45) is -0.285. The zero-order chi connectivity index (χ0) is 17.9. The van der Waals surface area contributed by atoms with Crippen molar-refractivity contribution >= 4 is 23.5 Å². The molecule has 0 N–H and O–H groups in total. The molecule has 0 atom stereocenters. The van der Waals surface area contributed by atoms with Gasteiger partial charge in [-0.3, -0.25) is 0 Å². The minimum absolute atomic E-state index is 0.0842. The Morgan fingerprint density at radius 1 is 1.29 bits per heavy atom. The van der Waals surface area contributed by atoms with E-state index in [1.807, 2.05) is 19.9 Å². The summed E-state index contributed by atoms with van der Waals surface area (Å²) in [5, 5.41) is 4.43. The van der Waals surface area contributed by atoms with Gasteiger partial charge in [-0.15, -0.1) is 0 Å². The Kier molecular flexibility index (Phi) is 5.56. The number of aryl methyl sites for hydroxylation is 2. The van der Waals surface area contributed by atoms with E-state index < -0.39 is 18.5 Å². The van der Waals surface area contributed by atoms with Crippen molar-refractivity contribution in [2.75, 3.05) is 6.61 Å². The van der Waals surface area contributed by atoms with Gasteiger partial charge in [0.25, 0.3) is 0 Å². The second kappa shape index (κ2) is 7.44. The molecule has 8 heteroatoms. The first-order valence-corrected chi connectivity index (χ1v) is 7.72. The number of rotatable bonds is 5. The number of hydrogen-bond donors (Lipinski definition) is 0. The van der Waals surface area contributed by atoms with Crippen molar-refractivity contribution < 1.29 is 19.1 Å². The molecule has 0 saturated heterocycles. The molecule has 0 aliphatic rings. The molecule has 0 saturated carbocycles. The van der Waals surface area contributed by atoms with E-state index in [1.54, 1.807) is 24.6 Å². The van der Waals surface area contributed by atoms with Crippen LogP contribution in [0.4, 0.5) is 0 Å². The Bertz CT molecular complexity index is 771. The quantitative estimate of drug-likeness (QED) is 0.770. The van der Waals surface area contributed by atoms with Crippen LogP contribution >= 0.6 is 11.6 Å². The van der Waals surface area contributed by atoms with Gasteiger partial charge in [0.15, 0.2) is 18.1 Å². The van der Waals surface area contributed by atoms with Crippen LogP contribution in [0.15, 0.2) is 18.2 Å². The molecule has 0 radical (unpaired) electrons. The molecule has 0 fully saturated rings. The minimum atomic E-state index is -0.802. The maximum Gasteiger partial charge on any atom is 0.359 e. The first kappa shape index (κ1) is 17.9. The first-order valence-electron chi connectivity index (χ1n) is 7.34. The van der Waals surface area contributed by atoms with Crippen LogP contribution in [-0.2, 0) is 14.3 Å². The van der Waals surface area contributed by atoms with Crippen molar-refractivity contribution in [3.63, 3.8) is 0 Å². The van der Waals surface area contributed by atoms with E-state index in [1.165, 1.54) is 6.07 Å². The Hall–Kier alpha value is -2.41. The highest BCUT2D eigenvalue weighted by molar-refractivity contribution is 6.33. The van der Waals surface area contributed by atoms with Crippen LogP contribution in [0.1, 0.15) is 35.7 Å². The highest BCUT2D eigenvalue weighted by atomic mass is 35.5. The van der Waals surface area contributed by atoms with Gasteiger partial charge in [-0.1, -0.05) is 11.6 Å². The van der Waals surface area contributed by atoms with Gasteiger partial charge < -0.3 is 9.47 Å². The van der Waals surface area contributed by atoms with E-state index in [0.29, 0.717) is 5.82 Å². The number of ether oxygens (including phenoxy) is 2. The Morgan fingerprint density at radius 3 is 2.58 bits per heavy atom. The Labute approximate surface area is 144 Å². The van der Waals surface area contributed by atoms with Crippen molar-refractivity contribution in [3.05, 3.63) is 40.3 Å². The SMILES string of the molecule is Cc1cc(C)n(-c2ccc(Cl)c(C(=O)OCC(=O)OC(C)C)n2)n1. The number of aromatic nitrogens is 3. The molecule has 2 aromatic heterocycles. The first-order chi connectivity index (χ1) is 11.3. The van der Waals surface area contributed by atoms with Gasteiger partial charge in [-0.25, -0.2) is 19.3 Å². The Morgan fingerprint density at radius 2 is 2.00 bits per heavy atom. The number of hydrogen-bond acceptors (Lipinski definition) is 6. The maximum absolute atomic E-state index is 12.1. The predicted molar refractivity (Wildman–Crippen MR) is 87.4 cm³/mol. The molecule has 7 nitrogen and oxygen atoms in total. The lowest BCUT2D eigenvalue weighted by atomic mass is 10.3. The van der Waals surface area contributed by atoms with E-state index in [4.69, 9.17) is 21.1 Å². The van der Waals surface area contributed by atoms with Gasteiger partial charge in [0.05, 0.1) is 16.8 Å². The molecule has 2 rings (SSSR count). The zero-order valence-electron chi connectivity index (χ0n) is 13.9. The van der Waals surface area contributed by atoms with Gasteiger partial charge in [0.2, 0.25) is 0 Å². The van der Waals surface area contributed by atoms with Crippen molar-refractivity contribution in [2.45, 2.75) is 33.8 Å². The number of carbonyl (C=O) groups is 2. The summed E-state index contributed by atoms with van der Waals surface area (Å²) in [5.41, 5.74) is 1.60. The smallest absolute Gasteiger partial charge is 0.359 e. The average molecular weight is 352 g/mol. The molecule has 128 valence electrons. The van der Waals surface area contributed by atoms with Crippen LogP contribution in [0.5, 0.6) is 0 Å². The minimum Gasteiger partial charge on any atom is -0.460 e. The molecule has 0 aliphatic heterocycles. The lowest BCUT2D eigenvalue weighted by Crippen LogP contribution is -2.20. The van der Waals surface area contributed by atoms with Gasteiger partial charge in [0, 0.05) is 5.69 Å². The lowest BCUT2D eigenvalue weighted by molar-refractivity contribution is -0.150. The van der Waals surface area contributed by atoms with Gasteiger partial charge in [-0.05, 0) is 45.9 Å². The van der Waals surface area contributed by atoms with E-state index in [2.05, 4.69) is 10.1 Å². The van der Waals surface area contributed by atoms with Gasteiger partial charge in [-0.2, -0.15) is 5.10 Å². The van der Waals surface area contributed by atoms with Crippen molar-refractivity contribution in [3.8, 4) is 5.82 Å². The topological polar surface area (TPSA) is 83.3 Å². The van der Waals surface area contributed by atoms with E-state index in [-0.39, 0.29) is 16.8 Å². The van der Waals surface area contributed by atoms with Crippen LogP contribution < -0.4 is 0 Å². The van der Waals surface area contributed by atoms with Crippen molar-refractivity contribution in [1.29, 1.82) is 0 Å². The monoisotopic (exact) mass is 351 g/mol. The van der Waals surface area contributed by atoms with E-state index in [0.717, 1.165) is 11.4 Å². The molecule has 0 unspecified atom stereocenters. The van der Waals surface area contributed by atoms with Crippen LogP contribution in [0.3, 0.4) is 0 Å². The maximum atomic E-state index is 12.1. The van der Waals surface area contributed by atoms with Crippen LogP contribution in [0.2, 0.25) is 5.02 Å². The molecule has 0 aliphatic carbocycles. The van der Waals surface area contributed by atoms with E-state index >= 15 is 0 Å². The van der Waals surface area contributed by atoms with Crippen LogP contribution in [0.25, 0.3) is 5.82 Å². The summed E-state index contributed by atoms with van der Waals surface area (Å²) in [6.45, 7) is 6.64. The number of pyridine rings is 1. The van der Waals surface area contributed by atoms with Crippen molar-refractivity contribution in [2.24, 2.45) is 0 Å². The fourth-order valence-electron chi connectivity index (χ4n) is 2.04. The fourth-order valence-corrected chi connectivity index (χ4v) is 2.23. The second-order valence-electron chi connectivity index (χ2n) is 5.45. The van der Waals surface area contributed by atoms with Gasteiger partial charge >= 0.3 is 11.9 Å². The number of halogens is 1. The molecule has 2 heterocycles. The molecule has 0 bridgehead atoms. The highest BCUT2D eigenvalue weighted by Crippen LogP contribution is 2.18.